The Bertz CT molecular complexity index is 514. The maximum atomic E-state index is 6.11. The van der Waals surface area contributed by atoms with E-state index in [-0.39, 0.29) is 0 Å². The molecule has 0 aromatic heterocycles. The molecule has 3 N–H and O–H groups in total. The van der Waals surface area contributed by atoms with E-state index in [9.17, 15) is 0 Å². The van der Waals surface area contributed by atoms with Gasteiger partial charge < -0.3 is 16.0 Å². The van der Waals surface area contributed by atoms with Crippen LogP contribution in [-0.2, 0) is 6.54 Å². The number of nitrogens with one attached hydrogen (secondary N) is 1. The van der Waals surface area contributed by atoms with Gasteiger partial charge >= 0.3 is 0 Å². The van der Waals surface area contributed by atoms with Crippen LogP contribution in [0.5, 0.6) is 0 Å². The highest BCUT2D eigenvalue weighted by atomic mass is 15.1. The van der Waals surface area contributed by atoms with E-state index in [1.54, 1.807) is 0 Å². The van der Waals surface area contributed by atoms with E-state index in [4.69, 9.17) is 5.73 Å². The molecule has 1 aliphatic heterocycles. The van der Waals surface area contributed by atoms with Gasteiger partial charge in [-0.2, -0.15) is 0 Å². The van der Waals surface area contributed by atoms with Crippen molar-refractivity contribution < 1.29 is 0 Å². The van der Waals surface area contributed by atoms with Crippen LogP contribution < -0.4 is 16.0 Å². The van der Waals surface area contributed by atoms with Gasteiger partial charge in [-0.3, -0.25) is 0 Å². The molecule has 0 spiro atoms. The number of piperidine rings is 1. The van der Waals surface area contributed by atoms with Crippen LogP contribution in [0.3, 0.4) is 0 Å². The van der Waals surface area contributed by atoms with Gasteiger partial charge in [-0.15, -0.1) is 0 Å². The average Bonchev–Trinajstić information content (AvgIpc) is 2.62. The molecule has 1 aromatic carbocycles. The molecule has 1 heterocycles. The Kier molecular flexibility index (Phi) is 5.78. The summed E-state index contributed by atoms with van der Waals surface area (Å²) in [5, 5.41) is 3.40. The molecule has 4 nitrogen and oxygen atoms in total. The van der Waals surface area contributed by atoms with Gasteiger partial charge in [-0.25, -0.2) is 4.99 Å². The van der Waals surface area contributed by atoms with E-state index in [1.807, 2.05) is 0 Å². The van der Waals surface area contributed by atoms with Gasteiger partial charge in [0.1, 0.15) is 0 Å². The summed E-state index contributed by atoms with van der Waals surface area (Å²) in [6.45, 7) is 2.99. The molecule has 1 aromatic rings. The van der Waals surface area contributed by atoms with E-state index < -0.39 is 0 Å². The second-order valence-corrected chi connectivity index (χ2v) is 6.86. The van der Waals surface area contributed by atoms with Gasteiger partial charge in [-0.1, -0.05) is 37.5 Å². The first-order valence-corrected chi connectivity index (χ1v) is 9.22. The molecule has 0 bridgehead atoms. The minimum Gasteiger partial charge on any atom is -0.371 e. The fraction of sp³-hybridized carbons (Fsp3) is 0.632. The monoisotopic (exact) mass is 314 g/mol. The third-order valence-corrected chi connectivity index (χ3v) is 5.07. The van der Waals surface area contributed by atoms with Gasteiger partial charge in [0.05, 0.1) is 6.54 Å². The standard InChI is InChI=1S/C19H30N4/c20-19(22-17-10-3-1-4-11-17)21-15-16-9-5-6-12-18(16)23-13-7-2-8-14-23/h5-6,9,12,17H,1-4,7-8,10-11,13-15H2,(H3,20,21,22). The Morgan fingerprint density at radius 3 is 2.52 bits per heavy atom. The van der Waals surface area contributed by atoms with Crippen molar-refractivity contribution in [3.63, 3.8) is 0 Å². The molecule has 3 rings (SSSR count). The first kappa shape index (κ1) is 16.2. The molecule has 126 valence electrons. The van der Waals surface area contributed by atoms with E-state index in [0.717, 1.165) is 13.1 Å². The third kappa shape index (κ3) is 4.63. The molecule has 23 heavy (non-hydrogen) atoms. The maximum absolute atomic E-state index is 6.11. The molecule has 0 amide bonds. The molecule has 1 aliphatic carbocycles. The number of guanidine groups is 1. The van der Waals surface area contributed by atoms with Crippen LogP contribution in [0.2, 0.25) is 0 Å². The number of nitrogens with zero attached hydrogens (tertiary/aromatic N) is 2. The summed E-state index contributed by atoms with van der Waals surface area (Å²) in [7, 11) is 0. The third-order valence-electron chi connectivity index (χ3n) is 5.07. The lowest BCUT2D eigenvalue weighted by Gasteiger charge is -2.30. The van der Waals surface area contributed by atoms with E-state index in [2.05, 4.69) is 39.5 Å². The van der Waals surface area contributed by atoms with E-state index in [0.29, 0.717) is 18.5 Å². The fourth-order valence-electron chi connectivity index (χ4n) is 3.76. The van der Waals surface area contributed by atoms with Gasteiger partial charge in [0.15, 0.2) is 5.96 Å². The second-order valence-electron chi connectivity index (χ2n) is 6.86. The Morgan fingerprint density at radius 1 is 1.04 bits per heavy atom. The lowest BCUT2D eigenvalue weighted by molar-refractivity contribution is 0.412. The Labute approximate surface area is 140 Å². The molecule has 0 radical (unpaired) electrons. The van der Waals surface area contributed by atoms with Crippen molar-refractivity contribution in [1.82, 2.24) is 5.32 Å². The molecule has 0 unspecified atom stereocenters. The minimum absolute atomic E-state index is 0.518. The summed E-state index contributed by atoms with van der Waals surface area (Å²) in [5.74, 6) is 0.602. The molecule has 1 saturated heterocycles. The molecule has 0 atom stereocenters. The lowest BCUT2D eigenvalue weighted by atomic mass is 9.96. The maximum Gasteiger partial charge on any atom is 0.189 e. The number of rotatable bonds is 4. The Balaban J connectivity index is 1.61. The van der Waals surface area contributed by atoms with Crippen LogP contribution in [0.4, 0.5) is 5.69 Å². The van der Waals surface area contributed by atoms with Crippen LogP contribution in [-0.4, -0.2) is 25.1 Å². The van der Waals surface area contributed by atoms with Crippen molar-refractivity contribution in [1.29, 1.82) is 0 Å². The topological polar surface area (TPSA) is 53.6 Å². The molecular formula is C19H30N4. The summed E-state index contributed by atoms with van der Waals surface area (Å²) in [6.07, 6.45) is 10.4. The van der Waals surface area contributed by atoms with Gasteiger partial charge in [0.2, 0.25) is 0 Å². The summed E-state index contributed by atoms with van der Waals surface area (Å²) in [5.41, 5.74) is 8.72. The van der Waals surface area contributed by atoms with Crippen molar-refractivity contribution in [3.8, 4) is 0 Å². The van der Waals surface area contributed by atoms with Crippen molar-refractivity contribution in [2.75, 3.05) is 18.0 Å². The first-order valence-electron chi connectivity index (χ1n) is 9.22. The number of hydrogen-bond acceptors (Lipinski definition) is 2. The summed E-state index contributed by atoms with van der Waals surface area (Å²) >= 11 is 0. The zero-order valence-electron chi connectivity index (χ0n) is 14.1. The van der Waals surface area contributed by atoms with Crippen LogP contribution in [0.25, 0.3) is 0 Å². The SMILES string of the molecule is NC(=NCc1ccccc1N1CCCCC1)NC1CCCCC1. The Morgan fingerprint density at radius 2 is 1.74 bits per heavy atom. The Hall–Kier alpha value is -1.71. The van der Waals surface area contributed by atoms with Crippen LogP contribution in [0.1, 0.15) is 56.9 Å². The molecule has 2 fully saturated rings. The lowest BCUT2D eigenvalue weighted by Crippen LogP contribution is -2.41. The highest BCUT2D eigenvalue weighted by Crippen LogP contribution is 2.24. The number of nitrogens with two attached hydrogens (primary N) is 1. The number of hydrogen-bond donors (Lipinski definition) is 2. The highest BCUT2D eigenvalue weighted by molar-refractivity contribution is 5.78. The van der Waals surface area contributed by atoms with Gasteiger partial charge in [0.25, 0.3) is 0 Å². The van der Waals surface area contributed by atoms with Crippen molar-refractivity contribution in [2.45, 2.75) is 64.0 Å². The largest absolute Gasteiger partial charge is 0.371 e. The van der Waals surface area contributed by atoms with Crippen LogP contribution >= 0.6 is 0 Å². The smallest absolute Gasteiger partial charge is 0.189 e. The summed E-state index contributed by atoms with van der Waals surface area (Å²) in [6, 6.07) is 9.15. The van der Waals surface area contributed by atoms with E-state index in [1.165, 1.54) is 62.6 Å². The minimum atomic E-state index is 0.518. The number of benzene rings is 1. The summed E-state index contributed by atoms with van der Waals surface area (Å²) < 4.78 is 0. The predicted molar refractivity (Wildman–Crippen MR) is 97.8 cm³/mol. The molecule has 1 saturated carbocycles. The second kappa shape index (κ2) is 8.23. The molecule has 4 heteroatoms. The fourth-order valence-corrected chi connectivity index (χ4v) is 3.76. The quantitative estimate of drug-likeness (QED) is 0.661. The number of aliphatic imine (C=N–C) groups is 1. The molecular weight excluding hydrogens is 284 g/mol. The number of para-hydroxylation sites is 1. The zero-order valence-corrected chi connectivity index (χ0v) is 14.1. The van der Waals surface area contributed by atoms with Crippen molar-refractivity contribution in [3.05, 3.63) is 29.8 Å². The van der Waals surface area contributed by atoms with E-state index >= 15 is 0 Å². The normalized spacial score (nSPS) is 20.5. The average molecular weight is 314 g/mol. The van der Waals surface area contributed by atoms with Gasteiger partial charge in [-0.05, 0) is 43.7 Å². The number of anilines is 1. The zero-order chi connectivity index (χ0) is 15.9. The van der Waals surface area contributed by atoms with Crippen molar-refractivity contribution >= 4 is 11.6 Å². The first-order chi connectivity index (χ1) is 11.3. The van der Waals surface area contributed by atoms with Crippen molar-refractivity contribution in [2.24, 2.45) is 10.7 Å². The van der Waals surface area contributed by atoms with Crippen LogP contribution in [0.15, 0.2) is 29.3 Å². The predicted octanol–water partition coefficient (Wildman–Crippen LogP) is 3.41. The van der Waals surface area contributed by atoms with Crippen LogP contribution in [0, 0.1) is 0 Å². The summed E-state index contributed by atoms with van der Waals surface area (Å²) in [4.78, 5) is 7.10. The highest BCUT2D eigenvalue weighted by Gasteiger charge is 2.15. The molecule has 2 aliphatic rings. The van der Waals surface area contributed by atoms with Gasteiger partial charge in [0, 0.05) is 24.8 Å².